The van der Waals surface area contributed by atoms with Gasteiger partial charge in [-0.3, -0.25) is 4.79 Å². The SMILES string of the molecule is CC[C@](N)(Cc1ccccc1)C(=O)O. The maximum atomic E-state index is 10.9. The molecule has 1 rings (SSSR count). The van der Waals surface area contributed by atoms with Crippen molar-refractivity contribution in [1.29, 1.82) is 0 Å². The summed E-state index contributed by atoms with van der Waals surface area (Å²) in [5, 5.41) is 8.97. The number of aliphatic carboxylic acids is 1. The summed E-state index contributed by atoms with van der Waals surface area (Å²) in [6.07, 6.45) is 0.802. The van der Waals surface area contributed by atoms with Gasteiger partial charge in [0.05, 0.1) is 0 Å². The van der Waals surface area contributed by atoms with E-state index in [0.29, 0.717) is 12.8 Å². The molecule has 1 atom stereocenters. The molecule has 3 N–H and O–H groups in total. The number of carbonyl (C=O) groups is 1. The van der Waals surface area contributed by atoms with Gasteiger partial charge in [-0.25, -0.2) is 0 Å². The minimum absolute atomic E-state index is 0.375. The minimum atomic E-state index is -1.14. The molecular weight excluding hydrogens is 178 g/mol. The molecular formula is C11H15NO2. The van der Waals surface area contributed by atoms with Gasteiger partial charge in [-0.2, -0.15) is 0 Å². The van der Waals surface area contributed by atoms with E-state index in [9.17, 15) is 4.79 Å². The Bertz CT molecular complexity index is 310. The summed E-state index contributed by atoms with van der Waals surface area (Å²) in [5.41, 5.74) is 5.59. The first-order chi connectivity index (χ1) is 6.58. The molecule has 0 aliphatic rings. The van der Waals surface area contributed by atoms with Gasteiger partial charge in [0.1, 0.15) is 5.54 Å². The molecule has 0 aliphatic heterocycles. The Morgan fingerprint density at radius 3 is 2.43 bits per heavy atom. The average molecular weight is 193 g/mol. The lowest BCUT2D eigenvalue weighted by Gasteiger charge is -2.22. The van der Waals surface area contributed by atoms with Gasteiger partial charge in [0, 0.05) is 6.42 Å². The van der Waals surface area contributed by atoms with Crippen molar-refractivity contribution >= 4 is 5.97 Å². The van der Waals surface area contributed by atoms with Crippen molar-refractivity contribution in [2.75, 3.05) is 0 Å². The third-order valence-corrected chi connectivity index (χ3v) is 2.42. The Balaban J connectivity index is 2.81. The zero-order valence-corrected chi connectivity index (χ0v) is 8.23. The van der Waals surface area contributed by atoms with E-state index in [1.807, 2.05) is 30.3 Å². The molecule has 0 saturated carbocycles. The summed E-state index contributed by atoms with van der Waals surface area (Å²) in [4.78, 5) is 10.9. The van der Waals surface area contributed by atoms with Crippen LogP contribution in [0.15, 0.2) is 30.3 Å². The Hall–Kier alpha value is -1.35. The number of carboxylic acid groups (broad SMARTS) is 1. The van der Waals surface area contributed by atoms with Crippen molar-refractivity contribution in [3.63, 3.8) is 0 Å². The van der Waals surface area contributed by atoms with Crippen LogP contribution in [-0.4, -0.2) is 16.6 Å². The summed E-state index contributed by atoms with van der Waals surface area (Å²) in [5.74, 6) is -0.941. The zero-order chi connectivity index (χ0) is 10.6. The molecule has 3 nitrogen and oxygen atoms in total. The molecule has 0 radical (unpaired) electrons. The second-order valence-corrected chi connectivity index (χ2v) is 3.48. The van der Waals surface area contributed by atoms with E-state index in [1.54, 1.807) is 6.92 Å². The van der Waals surface area contributed by atoms with Crippen LogP contribution in [-0.2, 0) is 11.2 Å². The topological polar surface area (TPSA) is 63.3 Å². The fraction of sp³-hybridized carbons (Fsp3) is 0.364. The van der Waals surface area contributed by atoms with Gasteiger partial charge in [-0.05, 0) is 12.0 Å². The molecule has 0 amide bonds. The summed E-state index contributed by atoms with van der Waals surface area (Å²) >= 11 is 0. The van der Waals surface area contributed by atoms with Crippen LogP contribution in [0.2, 0.25) is 0 Å². The molecule has 0 heterocycles. The van der Waals surface area contributed by atoms with Crippen molar-refractivity contribution < 1.29 is 9.90 Å². The van der Waals surface area contributed by atoms with Crippen LogP contribution in [0.3, 0.4) is 0 Å². The molecule has 14 heavy (non-hydrogen) atoms. The van der Waals surface area contributed by atoms with E-state index in [0.717, 1.165) is 5.56 Å². The highest BCUT2D eigenvalue weighted by Gasteiger charge is 2.31. The summed E-state index contributed by atoms with van der Waals surface area (Å²) < 4.78 is 0. The number of nitrogens with two attached hydrogens (primary N) is 1. The van der Waals surface area contributed by atoms with Gasteiger partial charge in [0.25, 0.3) is 0 Å². The smallest absolute Gasteiger partial charge is 0.324 e. The second kappa shape index (κ2) is 4.24. The van der Waals surface area contributed by atoms with Crippen LogP contribution in [0.4, 0.5) is 0 Å². The summed E-state index contributed by atoms with van der Waals surface area (Å²) in [7, 11) is 0. The predicted molar refractivity (Wildman–Crippen MR) is 55.0 cm³/mol. The fourth-order valence-corrected chi connectivity index (χ4v) is 1.31. The first-order valence-electron chi connectivity index (χ1n) is 4.64. The molecule has 3 heteroatoms. The third kappa shape index (κ3) is 2.33. The predicted octanol–water partition coefficient (Wildman–Crippen LogP) is 1.42. The van der Waals surface area contributed by atoms with E-state index in [-0.39, 0.29) is 0 Å². The van der Waals surface area contributed by atoms with Gasteiger partial charge >= 0.3 is 5.97 Å². The quantitative estimate of drug-likeness (QED) is 0.760. The van der Waals surface area contributed by atoms with Crippen molar-refractivity contribution in [1.82, 2.24) is 0 Å². The molecule has 0 bridgehead atoms. The van der Waals surface area contributed by atoms with Crippen molar-refractivity contribution in [2.45, 2.75) is 25.3 Å². The largest absolute Gasteiger partial charge is 0.480 e. The average Bonchev–Trinajstić information content (AvgIpc) is 2.19. The fourth-order valence-electron chi connectivity index (χ4n) is 1.31. The lowest BCUT2D eigenvalue weighted by molar-refractivity contribution is -0.143. The first kappa shape index (κ1) is 10.7. The lowest BCUT2D eigenvalue weighted by atomic mass is 9.89. The van der Waals surface area contributed by atoms with Gasteiger partial charge in [-0.15, -0.1) is 0 Å². The number of rotatable bonds is 4. The third-order valence-electron chi connectivity index (χ3n) is 2.42. The van der Waals surface area contributed by atoms with Gasteiger partial charge in [0.15, 0.2) is 0 Å². The maximum Gasteiger partial charge on any atom is 0.324 e. The number of benzene rings is 1. The van der Waals surface area contributed by atoms with Crippen LogP contribution >= 0.6 is 0 Å². The highest BCUT2D eigenvalue weighted by Crippen LogP contribution is 2.14. The van der Waals surface area contributed by atoms with Gasteiger partial charge < -0.3 is 10.8 Å². The molecule has 76 valence electrons. The van der Waals surface area contributed by atoms with Crippen molar-refractivity contribution in [2.24, 2.45) is 5.73 Å². The van der Waals surface area contributed by atoms with E-state index >= 15 is 0 Å². The molecule has 0 aromatic heterocycles. The van der Waals surface area contributed by atoms with E-state index in [2.05, 4.69) is 0 Å². The van der Waals surface area contributed by atoms with Gasteiger partial charge in [0.2, 0.25) is 0 Å². The van der Waals surface area contributed by atoms with Crippen LogP contribution in [0.5, 0.6) is 0 Å². The van der Waals surface area contributed by atoms with Crippen LogP contribution in [0.1, 0.15) is 18.9 Å². The minimum Gasteiger partial charge on any atom is -0.480 e. The Kier molecular flexibility index (Phi) is 3.25. The second-order valence-electron chi connectivity index (χ2n) is 3.48. The highest BCUT2D eigenvalue weighted by atomic mass is 16.4. The zero-order valence-electron chi connectivity index (χ0n) is 8.23. The Labute approximate surface area is 83.6 Å². The standard InChI is InChI=1S/C11H15NO2/c1-2-11(12,10(13)14)8-9-6-4-3-5-7-9/h3-7H,2,8,12H2,1H3,(H,13,14)/t11-/m0/s1. The van der Waals surface area contributed by atoms with Crippen LogP contribution in [0, 0.1) is 0 Å². The molecule has 1 aromatic carbocycles. The van der Waals surface area contributed by atoms with E-state index < -0.39 is 11.5 Å². The Morgan fingerprint density at radius 2 is 2.00 bits per heavy atom. The first-order valence-corrected chi connectivity index (χ1v) is 4.64. The summed E-state index contributed by atoms with van der Waals surface area (Å²) in [6.45, 7) is 1.79. The van der Waals surface area contributed by atoms with E-state index in [4.69, 9.17) is 10.8 Å². The highest BCUT2D eigenvalue weighted by molar-refractivity contribution is 5.78. The monoisotopic (exact) mass is 193 g/mol. The number of hydrogen-bond acceptors (Lipinski definition) is 2. The normalized spacial score (nSPS) is 14.7. The molecule has 0 aliphatic carbocycles. The number of carboxylic acids is 1. The molecule has 1 aromatic rings. The van der Waals surface area contributed by atoms with E-state index in [1.165, 1.54) is 0 Å². The van der Waals surface area contributed by atoms with Crippen LogP contribution < -0.4 is 5.73 Å². The lowest BCUT2D eigenvalue weighted by Crippen LogP contribution is -2.49. The number of hydrogen-bond donors (Lipinski definition) is 2. The molecule has 0 spiro atoms. The van der Waals surface area contributed by atoms with Crippen molar-refractivity contribution in [3.8, 4) is 0 Å². The maximum absolute atomic E-state index is 10.9. The Morgan fingerprint density at radius 1 is 1.43 bits per heavy atom. The summed E-state index contributed by atoms with van der Waals surface area (Å²) in [6, 6.07) is 9.44. The van der Waals surface area contributed by atoms with Gasteiger partial charge in [-0.1, -0.05) is 37.3 Å². The molecule has 0 fully saturated rings. The van der Waals surface area contributed by atoms with Crippen molar-refractivity contribution in [3.05, 3.63) is 35.9 Å². The molecule has 0 saturated heterocycles. The van der Waals surface area contributed by atoms with Crippen LogP contribution in [0.25, 0.3) is 0 Å². The molecule has 0 unspecified atom stereocenters.